The summed E-state index contributed by atoms with van der Waals surface area (Å²) in [6.45, 7) is 1.80. The van der Waals surface area contributed by atoms with Gasteiger partial charge in [0.25, 0.3) is 0 Å². The smallest absolute Gasteiger partial charge is 0.236 e. The minimum Gasteiger partial charge on any atom is -0.315 e. The first-order valence-electron chi connectivity index (χ1n) is 7.30. The van der Waals surface area contributed by atoms with Gasteiger partial charge in [-0.2, -0.15) is 0 Å². The minimum atomic E-state index is -0.302. The molecule has 1 spiro atoms. The van der Waals surface area contributed by atoms with E-state index >= 15 is 0 Å². The predicted octanol–water partition coefficient (Wildman–Crippen LogP) is 1.45. The largest absolute Gasteiger partial charge is 0.315 e. The molecule has 2 saturated heterocycles. The first-order chi connectivity index (χ1) is 8.73. The number of likely N-dealkylation sites (tertiary alicyclic amines) is 1. The normalized spacial score (nSPS) is 32.2. The molecule has 18 heavy (non-hydrogen) atoms. The van der Waals surface area contributed by atoms with Gasteiger partial charge in [0.2, 0.25) is 11.8 Å². The molecule has 4 heteroatoms. The lowest BCUT2D eigenvalue weighted by molar-refractivity contribution is -0.144. The van der Waals surface area contributed by atoms with Crippen LogP contribution in [0.25, 0.3) is 0 Å². The monoisotopic (exact) mass is 250 g/mol. The summed E-state index contributed by atoms with van der Waals surface area (Å²) in [5, 5.41) is 3.35. The molecule has 1 aliphatic carbocycles. The Bertz CT molecular complexity index is 353. The molecule has 3 fully saturated rings. The average molecular weight is 250 g/mol. The summed E-state index contributed by atoms with van der Waals surface area (Å²) >= 11 is 0. The Hall–Kier alpha value is -0.900. The summed E-state index contributed by atoms with van der Waals surface area (Å²) in [6.07, 6.45) is 7.77. The molecule has 2 aliphatic heterocycles. The number of nitrogens with zero attached hydrogens (tertiary/aromatic N) is 1. The molecule has 2 heterocycles. The van der Waals surface area contributed by atoms with Crippen LogP contribution in [0.15, 0.2) is 0 Å². The highest BCUT2D eigenvalue weighted by atomic mass is 16.2. The molecule has 2 amide bonds. The van der Waals surface area contributed by atoms with Crippen molar-refractivity contribution in [3.05, 3.63) is 0 Å². The first-order valence-corrected chi connectivity index (χ1v) is 7.30. The summed E-state index contributed by atoms with van der Waals surface area (Å²) in [6, 6.07) is 0.104. The van der Waals surface area contributed by atoms with Crippen LogP contribution in [0.1, 0.15) is 51.4 Å². The molecule has 4 nitrogen and oxygen atoms in total. The van der Waals surface area contributed by atoms with Gasteiger partial charge >= 0.3 is 0 Å². The fourth-order valence-corrected chi connectivity index (χ4v) is 3.85. The molecular weight excluding hydrogens is 228 g/mol. The fraction of sp³-hybridized carbons (Fsp3) is 0.857. The van der Waals surface area contributed by atoms with E-state index in [0.29, 0.717) is 6.42 Å². The molecule has 1 unspecified atom stereocenters. The fourth-order valence-electron chi connectivity index (χ4n) is 3.85. The standard InChI is InChI=1S/C14H22N2O2/c17-12-9-14(6-2-3-7-14)13(18)16(12)11-5-1-4-8-15-10-11/h11,15H,1-10H2. The van der Waals surface area contributed by atoms with Gasteiger partial charge < -0.3 is 5.32 Å². The lowest BCUT2D eigenvalue weighted by Crippen LogP contribution is -2.46. The third-order valence-electron chi connectivity index (χ3n) is 4.88. The van der Waals surface area contributed by atoms with E-state index < -0.39 is 0 Å². The van der Waals surface area contributed by atoms with Gasteiger partial charge in [-0.1, -0.05) is 19.3 Å². The van der Waals surface area contributed by atoms with Crippen LogP contribution in [0.4, 0.5) is 0 Å². The zero-order valence-corrected chi connectivity index (χ0v) is 10.9. The summed E-state index contributed by atoms with van der Waals surface area (Å²) in [5.74, 6) is 0.217. The van der Waals surface area contributed by atoms with Crippen molar-refractivity contribution in [2.24, 2.45) is 5.41 Å². The maximum absolute atomic E-state index is 12.6. The topological polar surface area (TPSA) is 49.4 Å². The Kier molecular flexibility index (Phi) is 3.14. The van der Waals surface area contributed by atoms with E-state index in [1.165, 1.54) is 0 Å². The number of carbonyl (C=O) groups excluding carboxylic acids is 2. The van der Waals surface area contributed by atoms with Crippen molar-refractivity contribution in [3.63, 3.8) is 0 Å². The van der Waals surface area contributed by atoms with E-state index in [-0.39, 0.29) is 23.3 Å². The first kappa shape index (κ1) is 12.2. The van der Waals surface area contributed by atoms with E-state index in [0.717, 1.165) is 58.0 Å². The van der Waals surface area contributed by atoms with Gasteiger partial charge in [0.15, 0.2) is 0 Å². The number of hydrogen-bond acceptors (Lipinski definition) is 3. The van der Waals surface area contributed by atoms with E-state index in [9.17, 15) is 9.59 Å². The molecular formula is C14H22N2O2. The molecule has 0 aromatic heterocycles. The summed E-state index contributed by atoms with van der Waals surface area (Å²) in [7, 11) is 0. The minimum absolute atomic E-state index is 0.0793. The van der Waals surface area contributed by atoms with Gasteiger partial charge in [-0.05, 0) is 32.2 Å². The van der Waals surface area contributed by atoms with Crippen molar-refractivity contribution >= 4 is 11.8 Å². The quantitative estimate of drug-likeness (QED) is 0.717. The zero-order valence-electron chi connectivity index (χ0n) is 10.9. The van der Waals surface area contributed by atoms with Gasteiger partial charge in [-0.15, -0.1) is 0 Å². The Morgan fingerprint density at radius 1 is 1.11 bits per heavy atom. The SMILES string of the molecule is O=C1CC2(CCCC2)C(=O)N1C1CCCCNC1. The summed E-state index contributed by atoms with van der Waals surface area (Å²) in [4.78, 5) is 26.5. The van der Waals surface area contributed by atoms with Crippen LogP contribution in [0.2, 0.25) is 0 Å². The Morgan fingerprint density at radius 2 is 1.89 bits per heavy atom. The molecule has 0 bridgehead atoms. The maximum Gasteiger partial charge on any atom is 0.236 e. The highest BCUT2D eigenvalue weighted by Crippen LogP contribution is 2.47. The van der Waals surface area contributed by atoms with Crippen LogP contribution in [0.5, 0.6) is 0 Å². The second kappa shape index (κ2) is 4.65. The van der Waals surface area contributed by atoms with Gasteiger partial charge in [-0.25, -0.2) is 0 Å². The molecule has 1 N–H and O–H groups in total. The number of carbonyl (C=O) groups is 2. The average Bonchev–Trinajstić information content (AvgIpc) is 2.78. The van der Waals surface area contributed by atoms with E-state index in [1.54, 1.807) is 4.90 Å². The third kappa shape index (κ3) is 1.87. The Morgan fingerprint density at radius 3 is 2.67 bits per heavy atom. The van der Waals surface area contributed by atoms with Crippen LogP contribution in [-0.2, 0) is 9.59 Å². The van der Waals surface area contributed by atoms with E-state index in [1.807, 2.05) is 0 Å². The number of nitrogens with one attached hydrogen (secondary N) is 1. The Labute approximate surface area is 108 Å². The number of hydrogen-bond donors (Lipinski definition) is 1. The highest BCUT2D eigenvalue weighted by molar-refractivity contribution is 6.06. The van der Waals surface area contributed by atoms with E-state index in [2.05, 4.69) is 5.32 Å². The van der Waals surface area contributed by atoms with Crippen LogP contribution in [0, 0.1) is 5.41 Å². The molecule has 0 aromatic rings. The molecule has 1 saturated carbocycles. The van der Waals surface area contributed by atoms with E-state index in [4.69, 9.17) is 0 Å². The van der Waals surface area contributed by atoms with Crippen LogP contribution in [0.3, 0.4) is 0 Å². The lowest BCUT2D eigenvalue weighted by Gasteiger charge is -2.27. The van der Waals surface area contributed by atoms with Gasteiger partial charge in [-0.3, -0.25) is 14.5 Å². The van der Waals surface area contributed by atoms with Gasteiger partial charge in [0.05, 0.1) is 11.5 Å². The van der Waals surface area contributed by atoms with Crippen molar-refractivity contribution in [1.82, 2.24) is 10.2 Å². The van der Waals surface area contributed by atoms with Crippen LogP contribution in [-0.4, -0.2) is 35.8 Å². The molecule has 3 rings (SSSR count). The summed E-state index contributed by atoms with van der Waals surface area (Å²) in [5.41, 5.74) is -0.302. The maximum atomic E-state index is 12.6. The van der Waals surface area contributed by atoms with Crippen molar-refractivity contribution in [2.45, 2.75) is 57.4 Å². The van der Waals surface area contributed by atoms with Gasteiger partial charge in [0, 0.05) is 13.0 Å². The molecule has 0 aromatic carbocycles. The van der Waals surface area contributed by atoms with Gasteiger partial charge in [0.1, 0.15) is 0 Å². The lowest BCUT2D eigenvalue weighted by atomic mass is 9.84. The van der Waals surface area contributed by atoms with Crippen molar-refractivity contribution in [3.8, 4) is 0 Å². The predicted molar refractivity (Wildman–Crippen MR) is 67.9 cm³/mol. The summed E-state index contributed by atoms with van der Waals surface area (Å²) < 4.78 is 0. The van der Waals surface area contributed by atoms with Crippen LogP contribution < -0.4 is 5.32 Å². The van der Waals surface area contributed by atoms with Crippen molar-refractivity contribution < 1.29 is 9.59 Å². The Balaban J connectivity index is 1.79. The molecule has 1 atom stereocenters. The van der Waals surface area contributed by atoms with Crippen molar-refractivity contribution in [2.75, 3.05) is 13.1 Å². The molecule has 0 radical (unpaired) electrons. The third-order valence-corrected chi connectivity index (χ3v) is 4.88. The zero-order chi connectivity index (χ0) is 12.6. The molecule has 3 aliphatic rings. The number of imide groups is 1. The number of rotatable bonds is 1. The second-order valence-corrected chi connectivity index (χ2v) is 6.09. The van der Waals surface area contributed by atoms with Crippen molar-refractivity contribution in [1.29, 1.82) is 0 Å². The second-order valence-electron chi connectivity index (χ2n) is 6.09. The number of amides is 2. The highest BCUT2D eigenvalue weighted by Gasteiger charge is 2.54. The molecule has 100 valence electrons. The van der Waals surface area contributed by atoms with Crippen LogP contribution >= 0.6 is 0 Å².